The molecule has 0 saturated heterocycles. The molecule has 6 rings (SSSR count). The molecular formula is C40H48O8. The monoisotopic (exact) mass is 656 g/mol. The molecule has 0 bridgehead atoms. The smallest absolute Gasteiger partial charge is 0.209 e. The molecule has 4 aliphatic carbocycles. The number of carbonyl (C=O) groups is 3. The Bertz CT molecular complexity index is 1790. The minimum absolute atomic E-state index is 0.0704. The highest BCUT2D eigenvalue weighted by atomic mass is 16.4. The molecule has 4 aliphatic rings. The number of benzene rings is 2. The number of Topliss-reactive ketones (excluding diaryl/α,β-unsaturated/α-hetero) is 3. The SMILES string of the molecule is CC(=O)C1=C(O)C(C(C)C)[C@@]2(C)[C@H](O)[C@]3(C)C(=C(O)[C@@]2(O)C1=O)C(=O)c1c(ccc(-c2cccc(CC4CCC(C)CC4)c2)c1O)[C@H]3C. The molecule has 256 valence electrons. The standard InChI is InChI=1S/C40H48O8/c1-19(2)30-33(43)28(22(5)41)35(45)40(48)36(46)31-34(44)29-26(21(4)38(31,6)37(47)39(30,40)7)15-16-27(32(29)42)25-10-8-9-24(18-25)17-23-13-11-20(3)12-14-23/h8-10,15-16,18-21,23,30,37,42-43,46-48H,11-14,17H2,1-7H3/t20?,21-,23?,30?,37-,38+,39+,40+/m1/s1. The van der Waals surface area contributed by atoms with Crippen LogP contribution in [0.5, 0.6) is 5.75 Å². The minimum Gasteiger partial charge on any atom is -0.511 e. The number of rotatable bonds is 5. The van der Waals surface area contributed by atoms with Gasteiger partial charge in [0.2, 0.25) is 5.78 Å². The van der Waals surface area contributed by atoms with Gasteiger partial charge in [-0.3, -0.25) is 14.4 Å². The van der Waals surface area contributed by atoms with Gasteiger partial charge in [-0.25, -0.2) is 0 Å². The summed E-state index contributed by atoms with van der Waals surface area (Å²) in [5.41, 5.74) is -4.77. The Kier molecular flexibility index (Phi) is 8.11. The lowest BCUT2D eigenvalue weighted by Crippen LogP contribution is -2.73. The van der Waals surface area contributed by atoms with Crippen molar-refractivity contribution >= 4 is 17.3 Å². The second-order valence-electron chi connectivity index (χ2n) is 15.8. The molecule has 0 radical (unpaired) electrons. The Hall–Kier alpha value is -3.75. The van der Waals surface area contributed by atoms with E-state index < -0.39 is 74.7 Å². The van der Waals surface area contributed by atoms with Gasteiger partial charge < -0.3 is 25.5 Å². The fraction of sp³-hybridized carbons (Fsp3) is 0.525. The van der Waals surface area contributed by atoms with Crippen molar-refractivity contribution in [3.05, 3.63) is 75.8 Å². The molecule has 1 unspecified atom stereocenters. The fourth-order valence-electron chi connectivity index (χ4n) is 9.91. The third-order valence-corrected chi connectivity index (χ3v) is 12.7. The van der Waals surface area contributed by atoms with Gasteiger partial charge in [-0.1, -0.05) is 90.8 Å². The number of aliphatic hydroxyl groups is 4. The Balaban J connectivity index is 1.51. The van der Waals surface area contributed by atoms with Crippen LogP contribution in [-0.2, 0) is 16.0 Å². The predicted octanol–water partition coefficient (Wildman–Crippen LogP) is 6.91. The quantitative estimate of drug-likeness (QED) is 0.218. The molecule has 1 fully saturated rings. The van der Waals surface area contributed by atoms with Crippen LogP contribution in [0.1, 0.15) is 102 Å². The van der Waals surface area contributed by atoms with Gasteiger partial charge in [-0.15, -0.1) is 0 Å². The third-order valence-electron chi connectivity index (χ3n) is 12.7. The molecule has 0 spiro atoms. The maximum atomic E-state index is 14.6. The summed E-state index contributed by atoms with van der Waals surface area (Å²) in [7, 11) is 0. The average molecular weight is 657 g/mol. The molecule has 2 aromatic rings. The second kappa shape index (κ2) is 11.4. The van der Waals surface area contributed by atoms with E-state index in [4.69, 9.17) is 0 Å². The number of hydrogen-bond donors (Lipinski definition) is 5. The number of hydrogen-bond acceptors (Lipinski definition) is 8. The van der Waals surface area contributed by atoms with Crippen molar-refractivity contribution in [2.75, 3.05) is 0 Å². The summed E-state index contributed by atoms with van der Waals surface area (Å²) in [6.07, 6.45) is 4.08. The number of fused-ring (bicyclic) bond motifs is 3. The Labute approximate surface area is 282 Å². The predicted molar refractivity (Wildman–Crippen MR) is 182 cm³/mol. The Morgan fingerprint density at radius 2 is 1.62 bits per heavy atom. The van der Waals surface area contributed by atoms with Crippen LogP contribution in [0.3, 0.4) is 0 Å². The maximum absolute atomic E-state index is 14.6. The third kappa shape index (κ3) is 4.37. The van der Waals surface area contributed by atoms with Crippen LogP contribution in [0.25, 0.3) is 11.1 Å². The highest BCUT2D eigenvalue weighted by Crippen LogP contribution is 2.67. The van der Waals surface area contributed by atoms with Crippen LogP contribution in [0.2, 0.25) is 0 Å². The first kappa shape index (κ1) is 34.1. The highest BCUT2D eigenvalue weighted by Gasteiger charge is 2.76. The van der Waals surface area contributed by atoms with Crippen molar-refractivity contribution in [1.82, 2.24) is 0 Å². The number of aromatic hydroxyl groups is 1. The lowest BCUT2D eigenvalue weighted by atomic mass is 9.41. The van der Waals surface area contributed by atoms with E-state index >= 15 is 0 Å². The lowest BCUT2D eigenvalue weighted by molar-refractivity contribution is -0.211. The maximum Gasteiger partial charge on any atom is 0.209 e. The highest BCUT2D eigenvalue weighted by molar-refractivity contribution is 6.25. The van der Waals surface area contributed by atoms with Crippen LogP contribution in [0, 0.1) is 34.5 Å². The molecule has 6 atom stereocenters. The van der Waals surface area contributed by atoms with E-state index in [2.05, 4.69) is 13.0 Å². The lowest BCUT2D eigenvalue weighted by Gasteiger charge is -2.63. The van der Waals surface area contributed by atoms with Crippen LogP contribution >= 0.6 is 0 Å². The van der Waals surface area contributed by atoms with Gasteiger partial charge in [0.1, 0.15) is 22.8 Å². The van der Waals surface area contributed by atoms with E-state index in [0.717, 1.165) is 30.4 Å². The molecule has 2 aromatic carbocycles. The van der Waals surface area contributed by atoms with E-state index in [1.807, 2.05) is 18.2 Å². The van der Waals surface area contributed by atoms with Gasteiger partial charge in [-0.2, -0.15) is 0 Å². The topological polar surface area (TPSA) is 152 Å². The molecule has 0 aliphatic heterocycles. The van der Waals surface area contributed by atoms with Gasteiger partial charge in [0, 0.05) is 22.3 Å². The van der Waals surface area contributed by atoms with Crippen molar-refractivity contribution in [2.24, 2.45) is 34.5 Å². The minimum atomic E-state index is -2.91. The van der Waals surface area contributed by atoms with Crippen molar-refractivity contribution < 1.29 is 39.9 Å². The summed E-state index contributed by atoms with van der Waals surface area (Å²) in [6, 6.07) is 11.4. The molecule has 48 heavy (non-hydrogen) atoms. The van der Waals surface area contributed by atoms with Gasteiger partial charge in [0.25, 0.3) is 0 Å². The summed E-state index contributed by atoms with van der Waals surface area (Å²) in [4.78, 5) is 41.3. The first-order valence-electron chi connectivity index (χ1n) is 17.3. The molecule has 8 heteroatoms. The number of phenolic OH excluding ortho intramolecular Hbond substituents is 1. The number of phenols is 1. The van der Waals surface area contributed by atoms with Crippen molar-refractivity contribution in [3.63, 3.8) is 0 Å². The number of aliphatic hydroxyl groups excluding tert-OH is 3. The zero-order valence-electron chi connectivity index (χ0n) is 28.9. The van der Waals surface area contributed by atoms with E-state index in [0.29, 0.717) is 17.0 Å². The van der Waals surface area contributed by atoms with Crippen LogP contribution in [0.15, 0.2) is 59.1 Å². The van der Waals surface area contributed by atoms with Gasteiger partial charge >= 0.3 is 0 Å². The van der Waals surface area contributed by atoms with Crippen LogP contribution in [0.4, 0.5) is 0 Å². The normalized spacial score (nSPS) is 35.0. The average Bonchev–Trinajstić information content (AvgIpc) is 3.02. The number of ketones is 3. The van der Waals surface area contributed by atoms with Crippen molar-refractivity contribution in [3.8, 4) is 16.9 Å². The van der Waals surface area contributed by atoms with E-state index in [1.165, 1.54) is 32.6 Å². The van der Waals surface area contributed by atoms with Gasteiger partial charge in [0.05, 0.1) is 17.2 Å². The number of allylic oxidation sites excluding steroid dienone is 1. The molecule has 0 amide bonds. The van der Waals surface area contributed by atoms with E-state index in [-0.39, 0.29) is 16.9 Å². The molecular weight excluding hydrogens is 608 g/mol. The summed E-state index contributed by atoms with van der Waals surface area (Å²) in [5, 5.41) is 59.9. The Morgan fingerprint density at radius 3 is 2.23 bits per heavy atom. The summed E-state index contributed by atoms with van der Waals surface area (Å²) in [6.45, 7) is 11.6. The zero-order valence-corrected chi connectivity index (χ0v) is 28.9. The Morgan fingerprint density at radius 1 is 0.979 bits per heavy atom. The first-order chi connectivity index (χ1) is 22.4. The number of carbonyl (C=O) groups excluding carboxylic acids is 3. The summed E-state index contributed by atoms with van der Waals surface area (Å²) >= 11 is 0. The van der Waals surface area contributed by atoms with Gasteiger partial charge in [-0.05, 0) is 66.5 Å². The van der Waals surface area contributed by atoms with Crippen molar-refractivity contribution in [1.29, 1.82) is 0 Å². The zero-order chi connectivity index (χ0) is 35.2. The van der Waals surface area contributed by atoms with Crippen molar-refractivity contribution in [2.45, 2.75) is 98.2 Å². The second-order valence-corrected chi connectivity index (χ2v) is 15.8. The fourth-order valence-corrected chi connectivity index (χ4v) is 9.91. The summed E-state index contributed by atoms with van der Waals surface area (Å²) < 4.78 is 0. The molecule has 8 nitrogen and oxygen atoms in total. The molecule has 5 N–H and O–H groups in total. The first-order valence-corrected chi connectivity index (χ1v) is 17.3. The molecule has 0 aromatic heterocycles. The van der Waals surface area contributed by atoms with E-state index in [1.54, 1.807) is 39.8 Å². The van der Waals surface area contributed by atoms with Gasteiger partial charge in [0.15, 0.2) is 17.2 Å². The van der Waals surface area contributed by atoms with Crippen LogP contribution < -0.4 is 0 Å². The van der Waals surface area contributed by atoms with E-state index in [9.17, 15) is 39.9 Å². The van der Waals surface area contributed by atoms with Crippen LogP contribution in [-0.4, -0.2) is 54.6 Å². The largest absolute Gasteiger partial charge is 0.511 e. The summed E-state index contributed by atoms with van der Waals surface area (Å²) in [5.74, 6) is -5.67. The molecule has 1 saturated carbocycles. The molecule has 0 heterocycles.